The van der Waals surface area contributed by atoms with Gasteiger partial charge in [-0.2, -0.15) is 0 Å². The molecule has 5 heteroatoms. The van der Waals surface area contributed by atoms with E-state index >= 15 is 0 Å². The number of fused-ring (bicyclic) bond motifs is 2. The number of benzene rings is 1. The molecule has 138 valence electrons. The molecular weight excluding hydrogens is 355 g/mol. The molecule has 1 N–H and O–H groups in total. The first-order valence-electron chi connectivity index (χ1n) is 9.01. The average molecular weight is 383 g/mol. The molecule has 1 heterocycles. The number of aryl methyl sites for hydroxylation is 1. The highest BCUT2D eigenvalue weighted by Crippen LogP contribution is 2.58. The Morgan fingerprint density at radius 3 is 2.40 bits per heavy atom. The quantitative estimate of drug-likeness (QED) is 0.750. The van der Waals surface area contributed by atoms with E-state index in [0.717, 1.165) is 42.9 Å². The number of hydrogen-bond donors (Lipinski definition) is 1. The van der Waals surface area contributed by atoms with Crippen molar-refractivity contribution in [2.45, 2.75) is 70.3 Å². The predicted molar refractivity (Wildman–Crippen MR) is 104 cm³/mol. The maximum absolute atomic E-state index is 11.8. The summed E-state index contributed by atoms with van der Waals surface area (Å²) in [6.45, 7) is 12.0. The van der Waals surface area contributed by atoms with E-state index in [-0.39, 0.29) is 22.3 Å². The number of halogens is 2. The number of rotatable bonds is 2. The van der Waals surface area contributed by atoms with Crippen LogP contribution < -0.4 is 5.32 Å². The minimum Gasteiger partial charge on any atom is -0.351 e. The molecule has 1 saturated heterocycles. The molecular formula is C20H28Cl2N2O. The molecule has 25 heavy (non-hydrogen) atoms. The standard InChI is InChI=1S/C20H28Cl2N2O/c1-13-10-16-15(11-17(13)21)19(5,18(3,4)23-14(2)25)12-20(16)6-8-24(22)9-7-20/h10-11H,6-9,12H2,1-5H3,(H,23,25)/t19-/m1/s1. The summed E-state index contributed by atoms with van der Waals surface area (Å²) in [7, 11) is 0. The Kier molecular flexibility index (Phi) is 4.67. The van der Waals surface area contributed by atoms with E-state index in [1.54, 1.807) is 6.92 Å². The van der Waals surface area contributed by atoms with E-state index in [1.165, 1.54) is 11.1 Å². The van der Waals surface area contributed by atoms with Gasteiger partial charge >= 0.3 is 0 Å². The van der Waals surface area contributed by atoms with Crippen molar-refractivity contribution in [2.24, 2.45) is 0 Å². The Balaban J connectivity index is 2.15. The fourth-order valence-electron chi connectivity index (χ4n) is 4.93. The highest BCUT2D eigenvalue weighted by atomic mass is 35.5. The minimum atomic E-state index is -0.367. The zero-order chi connectivity index (χ0) is 18.6. The molecule has 1 aromatic rings. The molecule has 0 radical (unpaired) electrons. The van der Waals surface area contributed by atoms with E-state index in [0.29, 0.717) is 0 Å². The smallest absolute Gasteiger partial charge is 0.217 e. The highest BCUT2D eigenvalue weighted by molar-refractivity contribution is 6.31. The Bertz CT molecular complexity index is 708. The number of nitrogens with one attached hydrogen (secondary N) is 1. The third-order valence-corrected chi connectivity index (χ3v) is 7.44. The van der Waals surface area contributed by atoms with Gasteiger partial charge in [-0.25, -0.2) is 4.42 Å². The van der Waals surface area contributed by atoms with Gasteiger partial charge in [-0.3, -0.25) is 4.79 Å². The number of hydrogen-bond acceptors (Lipinski definition) is 2. The third kappa shape index (κ3) is 2.98. The SMILES string of the molecule is CC(=O)NC(C)(C)[C@]1(C)CC2(CCN(Cl)CC2)c2cc(C)c(Cl)cc21. The van der Waals surface area contributed by atoms with Gasteiger partial charge in [-0.05, 0) is 80.0 Å². The first-order valence-corrected chi connectivity index (χ1v) is 9.73. The van der Waals surface area contributed by atoms with Crippen LogP contribution in [0.15, 0.2) is 12.1 Å². The second-order valence-electron chi connectivity index (χ2n) is 8.65. The summed E-state index contributed by atoms with van der Waals surface area (Å²) >= 11 is 12.8. The van der Waals surface area contributed by atoms with E-state index in [9.17, 15) is 4.79 Å². The zero-order valence-electron chi connectivity index (χ0n) is 15.8. The van der Waals surface area contributed by atoms with Crippen LogP contribution in [0.1, 0.15) is 63.6 Å². The molecule has 1 amide bonds. The maximum atomic E-state index is 11.8. The largest absolute Gasteiger partial charge is 0.351 e. The first kappa shape index (κ1) is 19.0. The van der Waals surface area contributed by atoms with Gasteiger partial charge in [0.15, 0.2) is 0 Å². The summed E-state index contributed by atoms with van der Waals surface area (Å²) in [6.07, 6.45) is 3.08. The van der Waals surface area contributed by atoms with Crippen molar-refractivity contribution < 1.29 is 4.79 Å². The van der Waals surface area contributed by atoms with Crippen LogP contribution in [0, 0.1) is 6.92 Å². The van der Waals surface area contributed by atoms with Gasteiger partial charge in [0.2, 0.25) is 5.91 Å². The third-order valence-electron chi connectivity index (χ3n) is 6.69. The van der Waals surface area contributed by atoms with Crippen LogP contribution in [0.3, 0.4) is 0 Å². The van der Waals surface area contributed by atoms with Gasteiger partial charge in [0, 0.05) is 36.0 Å². The molecule has 1 aliphatic carbocycles. The first-order chi connectivity index (χ1) is 11.5. The van der Waals surface area contributed by atoms with Crippen LogP contribution in [0.5, 0.6) is 0 Å². The fourth-order valence-corrected chi connectivity index (χ4v) is 5.27. The lowest BCUT2D eigenvalue weighted by Crippen LogP contribution is -2.56. The van der Waals surface area contributed by atoms with Crippen molar-refractivity contribution in [2.75, 3.05) is 13.1 Å². The van der Waals surface area contributed by atoms with Crippen molar-refractivity contribution in [1.29, 1.82) is 0 Å². The maximum Gasteiger partial charge on any atom is 0.217 e. The second-order valence-corrected chi connectivity index (χ2v) is 9.54. The molecule has 3 rings (SSSR count). The second kappa shape index (κ2) is 6.14. The number of carbonyl (C=O) groups excluding carboxylic acids is 1. The van der Waals surface area contributed by atoms with Gasteiger partial charge in [-0.15, -0.1) is 0 Å². The summed E-state index contributed by atoms with van der Waals surface area (Å²) < 4.78 is 1.89. The van der Waals surface area contributed by atoms with Crippen molar-refractivity contribution in [3.05, 3.63) is 33.8 Å². The molecule has 2 aliphatic rings. The molecule has 0 saturated carbocycles. The summed E-state index contributed by atoms with van der Waals surface area (Å²) in [6, 6.07) is 4.41. The summed E-state index contributed by atoms with van der Waals surface area (Å²) in [4.78, 5) is 11.8. The highest BCUT2D eigenvalue weighted by Gasteiger charge is 2.56. The van der Waals surface area contributed by atoms with Gasteiger partial charge in [0.1, 0.15) is 0 Å². The lowest BCUT2D eigenvalue weighted by atomic mass is 9.65. The minimum absolute atomic E-state index is 0.00233. The molecule has 1 atom stereocenters. The van der Waals surface area contributed by atoms with Crippen molar-refractivity contribution in [3.8, 4) is 0 Å². The molecule has 0 unspecified atom stereocenters. The fraction of sp³-hybridized carbons (Fsp3) is 0.650. The predicted octanol–water partition coefficient (Wildman–Crippen LogP) is 4.71. The van der Waals surface area contributed by atoms with Crippen molar-refractivity contribution >= 4 is 29.3 Å². The van der Waals surface area contributed by atoms with Gasteiger partial charge in [-0.1, -0.05) is 24.6 Å². The molecule has 0 bridgehead atoms. The van der Waals surface area contributed by atoms with Gasteiger partial charge in [0.25, 0.3) is 0 Å². The zero-order valence-corrected chi connectivity index (χ0v) is 17.3. The van der Waals surface area contributed by atoms with Crippen LogP contribution in [-0.2, 0) is 15.6 Å². The molecule has 0 aromatic heterocycles. The topological polar surface area (TPSA) is 32.3 Å². The van der Waals surface area contributed by atoms with Gasteiger partial charge < -0.3 is 5.32 Å². The van der Waals surface area contributed by atoms with Crippen LogP contribution >= 0.6 is 23.4 Å². The van der Waals surface area contributed by atoms with E-state index < -0.39 is 0 Å². The van der Waals surface area contributed by atoms with E-state index in [4.69, 9.17) is 23.4 Å². The summed E-state index contributed by atoms with van der Waals surface area (Å²) in [5, 5.41) is 3.99. The lowest BCUT2D eigenvalue weighted by Gasteiger charge is -2.45. The molecule has 1 aliphatic heterocycles. The molecule has 1 spiro atoms. The Morgan fingerprint density at radius 1 is 1.24 bits per heavy atom. The van der Waals surface area contributed by atoms with E-state index in [2.05, 4.69) is 45.1 Å². The number of amides is 1. The number of piperidine rings is 1. The van der Waals surface area contributed by atoms with Crippen LogP contribution in [0.2, 0.25) is 5.02 Å². The Hall–Kier alpha value is -0.770. The normalized spacial score (nSPS) is 25.9. The lowest BCUT2D eigenvalue weighted by molar-refractivity contribution is -0.121. The molecule has 3 nitrogen and oxygen atoms in total. The average Bonchev–Trinajstić information content (AvgIpc) is 2.73. The van der Waals surface area contributed by atoms with Crippen molar-refractivity contribution in [3.63, 3.8) is 0 Å². The Labute approximate surface area is 161 Å². The monoisotopic (exact) mass is 382 g/mol. The van der Waals surface area contributed by atoms with Crippen LogP contribution in [0.25, 0.3) is 0 Å². The Morgan fingerprint density at radius 2 is 1.84 bits per heavy atom. The molecule has 1 aromatic carbocycles. The van der Waals surface area contributed by atoms with Gasteiger partial charge in [0.05, 0.1) is 0 Å². The van der Waals surface area contributed by atoms with Crippen LogP contribution in [0.4, 0.5) is 0 Å². The van der Waals surface area contributed by atoms with Crippen molar-refractivity contribution in [1.82, 2.24) is 9.74 Å². The van der Waals surface area contributed by atoms with E-state index in [1.807, 2.05) is 4.42 Å². The van der Waals surface area contributed by atoms with Crippen LogP contribution in [-0.4, -0.2) is 29.0 Å². The number of carbonyl (C=O) groups is 1. The molecule has 1 fully saturated rings. The number of nitrogens with zero attached hydrogens (tertiary/aromatic N) is 1. The summed E-state index contributed by atoms with van der Waals surface area (Å²) in [5.41, 5.74) is 3.37. The summed E-state index contributed by atoms with van der Waals surface area (Å²) in [5.74, 6) is 0.00233.